The Hall–Kier alpha value is -2.35. The summed E-state index contributed by atoms with van der Waals surface area (Å²) in [5.41, 5.74) is 0. The number of hydrogen-bond acceptors (Lipinski definition) is 7. The summed E-state index contributed by atoms with van der Waals surface area (Å²) in [5.74, 6) is 0. The monoisotopic (exact) mass is 323 g/mol. The van der Waals surface area contributed by atoms with E-state index in [4.69, 9.17) is 15.3 Å². The SMILES string of the molecule is O=C(NCO)NCN(CNC(=O)NCO)CNC(=O)NCO. The fourth-order valence-electron chi connectivity index (χ4n) is 1.12. The molecule has 0 radical (unpaired) electrons. The number of amides is 6. The first-order valence-electron chi connectivity index (χ1n) is 6.13. The Labute approximate surface area is 126 Å². The largest absolute Gasteiger partial charge is 0.376 e. The van der Waals surface area contributed by atoms with Crippen LogP contribution in [0.5, 0.6) is 0 Å². The molecule has 6 amide bonds. The van der Waals surface area contributed by atoms with Gasteiger partial charge in [0.1, 0.15) is 20.2 Å². The molecule has 0 saturated carbocycles. The summed E-state index contributed by atoms with van der Waals surface area (Å²) in [7, 11) is 0. The third-order valence-corrected chi connectivity index (χ3v) is 2.11. The van der Waals surface area contributed by atoms with E-state index in [1.165, 1.54) is 4.90 Å². The van der Waals surface area contributed by atoms with Gasteiger partial charge in [0.15, 0.2) is 0 Å². The van der Waals surface area contributed by atoms with Crippen LogP contribution < -0.4 is 31.9 Å². The van der Waals surface area contributed by atoms with Gasteiger partial charge >= 0.3 is 18.1 Å². The van der Waals surface area contributed by atoms with Crippen LogP contribution in [-0.2, 0) is 0 Å². The molecule has 0 heterocycles. The lowest BCUT2D eigenvalue weighted by atomic mass is 10.7. The van der Waals surface area contributed by atoms with Crippen LogP contribution in [0, 0.1) is 0 Å². The third kappa shape index (κ3) is 10.4. The summed E-state index contributed by atoms with van der Waals surface area (Å²) >= 11 is 0. The molecule has 0 spiro atoms. The molecule has 9 N–H and O–H groups in total. The Bertz CT molecular complexity index is 303. The van der Waals surface area contributed by atoms with Gasteiger partial charge in [-0.1, -0.05) is 0 Å². The second-order valence-corrected chi connectivity index (χ2v) is 3.67. The van der Waals surface area contributed by atoms with Crippen LogP contribution in [0.15, 0.2) is 0 Å². The first kappa shape index (κ1) is 19.7. The molecular weight excluding hydrogens is 302 g/mol. The number of nitrogens with zero attached hydrogens (tertiary/aromatic N) is 1. The highest BCUT2D eigenvalue weighted by Gasteiger charge is 2.09. The highest BCUT2D eigenvalue weighted by Crippen LogP contribution is 1.82. The van der Waals surface area contributed by atoms with Crippen molar-refractivity contribution in [3.05, 3.63) is 0 Å². The lowest BCUT2D eigenvalue weighted by Gasteiger charge is -2.23. The van der Waals surface area contributed by atoms with Gasteiger partial charge < -0.3 is 47.2 Å². The van der Waals surface area contributed by atoms with Crippen LogP contribution in [0.4, 0.5) is 14.4 Å². The molecule has 0 aliphatic carbocycles. The van der Waals surface area contributed by atoms with Crippen molar-refractivity contribution >= 4 is 18.1 Å². The van der Waals surface area contributed by atoms with Crippen molar-refractivity contribution in [3.63, 3.8) is 0 Å². The molecule has 0 aromatic heterocycles. The van der Waals surface area contributed by atoms with Gasteiger partial charge in [0.2, 0.25) is 0 Å². The smallest absolute Gasteiger partial charge is 0.317 e. The van der Waals surface area contributed by atoms with E-state index in [2.05, 4.69) is 31.9 Å². The molecular formula is C9H21N7O6. The van der Waals surface area contributed by atoms with Crippen LogP contribution in [0.3, 0.4) is 0 Å². The zero-order chi connectivity index (χ0) is 16.8. The van der Waals surface area contributed by atoms with Crippen molar-refractivity contribution in [1.29, 1.82) is 0 Å². The van der Waals surface area contributed by atoms with E-state index >= 15 is 0 Å². The number of carbonyl (C=O) groups excluding carboxylic acids is 3. The Morgan fingerprint density at radius 3 is 1.09 bits per heavy atom. The molecule has 128 valence electrons. The highest BCUT2D eigenvalue weighted by atomic mass is 16.3. The lowest BCUT2D eigenvalue weighted by Crippen LogP contribution is -2.52. The van der Waals surface area contributed by atoms with Gasteiger partial charge in [-0.3, -0.25) is 4.90 Å². The average molecular weight is 323 g/mol. The second-order valence-electron chi connectivity index (χ2n) is 3.67. The quantitative estimate of drug-likeness (QED) is 0.193. The topological polar surface area (TPSA) is 187 Å². The van der Waals surface area contributed by atoms with Crippen LogP contribution in [0.1, 0.15) is 0 Å². The minimum absolute atomic E-state index is 0.0648. The molecule has 0 aliphatic rings. The van der Waals surface area contributed by atoms with Gasteiger partial charge in [-0.2, -0.15) is 0 Å². The summed E-state index contributed by atoms with van der Waals surface area (Å²) in [4.78, 5) is 34.9. The molecule has 0 atom stereocenters. The average Bonchev–Trinajstić information content (AvgIpc) is 2.47. The molecule has 0 unspecified atom stereocenters. The van der Waals surface area contributed by atoms with Crippen LogP contribution in [0.25, 0.3) is 0 Å². The molecule has 0 aromatic carbocycles. The fourth-order valence-corrected chi connectivity index (χ4v) is 1.12. The Morgan fingerprint density at radius 2 is 0.864 bits per heavy atom. The predicted octanol–water partition coefficient (Wildman–Crippen LogP) is -4.09. The zero-order valence-corrected chi connectivity index (χ0v) is 11.8. The van der Waals surface area contributed by atoms with Gasteiger partial charge in [-0.05, 0) is 0 Å². The third-order valence-electron chi connectivity index (χ3n) is 2.11. The first-order chi connectivity index (χ1) is 10.5. The first-order valence-corrected chi connectivity index (χ1v) is 6.13. The van der Waals surface area contributed by atoms with Gasteiger partial charge in [0.25, 0.3) is 0 Å². The number of aliphatic hydroxyl groups is 3. The highest BCUT2D eigenvalue weighted by molar-refractivity contribution is 5.74. The standard InChI is InChI=1S/C9H21N7O6/c17-4-13-7(20)10-1-16(2-11-8(21)14-5-18)3-12-9(22)15-6-19/h17-19H,1-6H2,(H2,10,13,20)(H2,11,14,21)(H2,12,15,22). The second kappa shape index (κ2) is 12.4. The number of nitrogens with one attached hydrogen (secondary N) is 6. The van der Waals surface area contributed by atoms with Crippen molar-refractivity contribution in [2.24, 2.45) is 0 Å². The molecule has 0 rings (SSSR count). The summed E-state index contributed by atoms with van der Waals surface area (Å²) < 4.78 is 0. The van der Waals surface area contributed by atoms with Gasteiger partial charge in [-0.25, -0.2) is 14.4 Å². The van der Waals surface area contributed by atoms with E-state index in [9.17, 15) is 14.4 Å². The molecule has 0 fully saturated rings. The minimum atomic E-state index is -0.646. The van der Waals surface area contributed by atoms with E-state index in [-0.39, 0.29) is 20.0 Å². The van der Waals surface area contributed by atoms with Crippen molar-refractivity contribution in [2.75, 3.05) is 40.2 Å². The Kier molecular flexibility index (Phi) is 11.1. The number of urea groups is 3. The Morgan fingerprint density at radius 1 is 0.591 bits per heavy atom. The van der Waals surface area contributed by atoms with Gasteiger partial charge in [0.05, 0.1) is 20.0 Å². The van der Waals surface area contributed by atoms with E-state index in [1.54, 1.807) is 0 Å². The van der Waals surface area contributed by atoms with Crippen LogP contribution >= 0.6 is 0 Å². The van der Waals surface area contributed by atoms with E-state index in [1.807, 2.05) is 0 Å². The van der Waals surface area contributed by atoms with E-state index < -0.39 is 38.3 Å². The maximum Gasteiger partial charge on any atom is 0.317 e. The summed E-state index contributed by atoms with van der Waals surface area (Å²) in [6.45, 7) is -1.82. The van der Waals surface area contributed by atoms with E-state index in [0.29, 0.717) is 0 Å². The van der Waals surface area contributed by atoms with Gasteiger partial charge in [0, 0.05) is 0 Å². The molecule has 0 saturated heterocycles. The molecule has 13 heteroatoms. The van der Waals surface area contributed by atoms with Crippen molar-refractivity contribution in [2.45, 2.75) is 0 Å². The number of hydrogen-bond donors (Lipinski definition) is 9. The van der Waals surface area contributed by atoms with Crippen LogP contribution in [-0.4, -0.2) is 78.5 Å². The lowest BCUT2D eigenvalue weighted by molar-refractivity contribution is 0.182. The fraction of sp³-hybridized carbons (Fsp3) is 0.667. The maximum atomic E-state index is 11.2. The zero-order valence-electron chi connectivity index (χ0n) is 11.8. The number of rotatable bonds is 9. The molecule has 13 nitrogen and oxygen atoms in total. The molecule has 0 aliphatic heterocycles. The summed E-state index contributed by atoms with van der Waals surface area (Å²) in [5, 5.41) is 38.9. The number of aliphatic hydroxyl groups excluding tert-OH is 3. The minimum Gasteiger partial charge on any atom is -0.376 e. The van der Waals surface area contributed by atoms with Crippen LogP contribution in [0.2, 0.25) is 0 Å². The van der Waals surface area contributed by atoms with Gasteiger partial charge in [-0.15, -0.1) is 0 Å². The molecule has 22 heavy (non-hydrogen) atoms. The number of carbonyl (C=O) groups is 3. The van der Waals surface area contributed by atoms with Crippen molar-refractivity contribution < 1.29 is 29.7 Å². The summed E-state index contributed by atoms with van der Waals surface area (Å²) in [6.07, 6.45) is 0. The molecule has 0 aromatic rings. The normalized spacial score (nSPS) is 9.82. The van der Waals surface area contributed by atoms with Crippen molar-refractivity contribution in [1.82, 2.24) is 36.8 Å². The van der Waals surface area contributed by atoms with E-state index in [0.717, 1.165) is 0 Å². The Balaban J connectivity index is 4.26. The summed E-state index contributed by atoms with van der Waals surface area (Å²) in [6, 6.07) is -1.94. The predicted molar refractivity (Wildman–Crippen MR) is 72.7 cm³/mol. The maximum absolute atomic E-state index is 11.2. The van der Waals surface area contributed by atoms with Crippen molar-refractivity contribution in [3.8, 4) is 0 Å². The molecule has 0 bridgehead atoms.